The summed E-state index contributed by atoms with van der Waals surface area (Å²) in [6.45, 7) is 9.03. The van der Waals surface area contributed by atoms with Gasteiger partial charge in [-0.2, -0.15) is 0 Å². The molecule has 2 aliphatic rings. The van der Waals surface area contributed by atoms with Crippen molar-refractivity contribution in [3.05, 3.63) is 35.9 Å². The molecule has 1 aromatic rings. The lowest BCUT2D eigenvalue weighted by Gasteiger charge is -2.28. The minimum absolute atomic E-state index is 0.122. The second-order valence-electron chi connectivity index (χ2n) is 8.33. The van der Waals surface area contributed by atoms with Crippen LogP contribution < -0.4 is 5.32 Å². The molecule has 5 nitrogen and oxygen atoms in total. The van der Waals surface area contributed by atoms with E-state index in [0.717, 1.165) is 31.9 Å². The topological polar surface area (TPSA) is 61.8 Å². The number of rotatable bonds is 4. The van der Waals surface area contributed by atoms with Crippen molar-refractivity contribution < 1.29 is 8.42 Å². The van der Waals surface area contributed by atoms with E-state index in [1.54, 1.807) is 0 Å². The lowest BCUT2D eigenvalue weighted by atomic mass is 9.82. The fraction of sp³-hybridized carbons (Fsp3) is 0.650. The molecule has 3 rings (SSSR count). The van der Waals surface area contributed by atoms with Crippen LogP contribution in [0.5, 0.6) is 0 Å². The van der Waals surface area contributed by atoms with Crippen LogP contribution >= 0.6 is 0 Å². The van der Waals surface area contributed by atoms with E-state index in [2.05, 4.69) is 61.3 Å². The number of hydrogen-bond donors (Lipinski definition) is 1. The van der Waals surface area contributed by atoms with Gasteiger partial charge in [0.15, 0.2) is 15.8 Å². The molecule has 0 spiro atoms. The third kappa shape index (κ3) is 4.58. The maximum Gasteiger partial charge on any atom is 0.194 e. The van der Waals surface area contributed by atoms with Crippen LogP contribution in [0.1, 0.15) is 39.2 Å². The Balaban J connectivity index is 1.71. The maximum atomic E-state index is 11.7. The minimum Gasteiger partial charge on any atom is -0.354 e. The summed E-state index contributed by atoms with van der Waals surface area (Å²) >= 11 is 0. The average Bonchev–Trinajstić information content (AvgIpc) is 3.15. The van der Waals surface area contributed by atoms with E-state index < -0.39 is 9.84 Å². The first-order chi connectivity index (χ1) is 12.3. The van der Waals surface area contributed by atoms with Crippen LogP contribution in [0.2, 0.25) is 0 Å². The zero-order valence-electron chi connectivity index (χ0n) is 16.1. The molecule has 0 aliphatic carbocycles. The van der Waals surface area contributed by atoms with Crippen molar-refractivity contribution in [1.82, 2.24) is 10.2 Å². The molecule has 2 unspecified atom stereocenters. The van der Waals surface area contributed by atoms with E-state index in [9.17, 15) is 8.42 Å². The molecular formula is C20H31N3O2S. The molecule has 2 atom stereocenters. The lowest BCUT2D eigenvalue weighted by Crippen LogP contribution is -2.44. The molecule has 0 saturated carbocycles. The molecule has 0 aromatic heterocycles. The first-order valence-electron chi connectivity index (χ1n) is 9.59. The lowest BCUT2D eigenvalue weighted by molar-refractivity contribution is 0.431. The Kier molecular flexibility index (Phi) is 5.61. The van der Waals surface area contributed by atoms with E-state index in [-0.39, 0.29) is 17.1 Å². The molecule has 6 heteroatoms. The van der Waals surface area contributed by atoms with Gasteiger partial charge in [-0.3, -0.25) is 4.99 Å². The maximum absolute atomic E-state index is 11.7. The summed E-state index contributed by atoms with van der Waals surface area (Å²) in [6, 6.07) is 11.0. The second kappa shape index (κ2) is 7.59. The number of nitrogens with zero attached hydrogens (tertiary/aromatic N) is 2. The quantitative estimate of drug-likeness (QED) is 0.647. The van der Waals surface area contributed by atoms with Crippen LogP contribution in [0.3, 0.4) is 0 Å². The van der Waals surface area contributed by atoms with Crippen molar-refractivity contribution >= 4 is 15.8 Å². The van der Waals surface area contributed by atoms with Gasteiger partial charge in [-0.05, 0) is 38.2 Å². The molecule has 1 N–H and O–H groups in total. The fourth-order valence-electron chi connectivity index (χ4n) is 3.94. The molecular weight excluding hydrogens is 346 g/mol. The molecule has 0 radical (unpaired) electrons. The third-order valence-electron chi connectivity index (χ3n) is 5.49. The van der Waals surface area contributed by atoms with E-state index >= 15 is 0 Å². The van der Waals surface area contributed by atoms with E-state index in [1.807, 2.05) is 0 Å². The van der Waals surface area contributed by atoms with Gasteiger partial charge in [-0.25, -0.2) is 8.42 Å². The summed E-state index contributed by atoms with van der Waals surface area (Å²) < 4.78 is 23.4. The number of hydrogen-bond acceptors (Lipinski definition) is 3. The van der Waals surface area contributed by atoms with Crippen LogP contribution in [0, 0.1) is 5.92 Å². The molecule has 2 fully saturated rings. The van der Waals surface area contributed by atoms with Crippen molar-refractivity contribution in [2.45, 2.75) is 45.1 Å². The van der Waals surface area contributed by atoms with Crippen LogP contribution in [0.4, 0.5) is 0 Å². The second-order valence-corrected chi connectivity index (χ2v) is 10.6. The molecule has 2 heterocycles. The van der Waals surface area contributed by atoms with Gasteiger partial charge in [0.05, 0.1) is 11.5 Å². The molecule has 2 aliphatic heterocycles. The highest BCUT2D eigenvalue weighted by Gasteiger charge is 2.37. The Hall–Kier alpha value is -1.56. The Bertz CT molecular complexity index is 746. The highest BCUT2D eigenvalue weighted by Crippen LogP contribution is 2.34. The summed E-state index contributed by atoms with van der Waals surface area (Å²) in [4.78, 5) is 7.15. The number of aliphatic imine (C=N–C) groups is 1. The SMILES string of the molecule is CC(C)NC(=NCC1CCS(=O)(=O)C1)N1CCC(C)(c2ccccc2)C1. The molecule has 0 amide bonds. The Morgan fingerprint density at radius 2 is 2.08 bits per heavy atom. The van der Waals surface area contributed by atoms with Gasteiger partial charge >= 0.3 is 0 Å². The van der Waals surface area contributed by atoms with Crippen LogP contribution in [0.15, 0.2) is 35.3 Å². The fourth-order valence-corrected chi connectivity index (χ4v) is 5.79. The smallest absolute Gasteiger partial charge is 0.194 e. The summed E-state index contributed by atoms with van der Waals surface area (Å²) in [5, 5.41) is 3.48. The number of nitrogens with one attached hydrogen (secondary N) is 1. The Morgan fingerprint density at radius 3 is 2.69 bits per heavy atom. The van der Waals surface area contributed by atoms with Crippen LogP contribution in [0.25, 0.3) is 0 Å². The van der Waals surface area contributed by atoms with Crippen LogP contribution in [-0.2, 0) is 15.3 Å². The number of benzene rings is 1. The Morgan fingerprint density at radius 1 is 1.35 bits per heavy atom. The van der Waals surface area contributed by atoms with Gasteiger partial charge in [-0.15, -0.1) is 0 Å². The zero-order chi connectivity index (χ0) is 18.8. The van der Waals surface area contributed by atoms with E-state index in [1.165, 1.54) is 5.56 Å². The van der Waals surface area contributed by atoms with E-state index in [0.29, 0.717) is 18.3 Å². The van der Waals surface area contributed by atoms with Gasteiger partial charge < -0.3 is 10.2 Å². The predicted octanol–water partition coefficient (Wildman–Crippen LogP) is 2.44. The van der Waals surface area contributed by atoms with Gasteiger partial charge in [0.2, 0.25) is 0 Å². The van der Waals surface area contributed by atoms with Gasteiger partial charge in [0, 0.05) is 31.1 Å². The molecule has 1 aromatic carbocycles. The predicted molar refractivity (Wildman–Crippen MR) is 107 cm³/mol. The highest BCUT2D eigenvalue weighted by molar-refractivity contribution is 7.91. The molecule has 2 saturated heterocycles. The van der Waals surface area contributed by atoms with Crippen molar-refractivity contribution in [3.63, 3.8) is 0 Å². The first kappa shape index (κ1) is 19.2. The zero-order valence-corrected chi connectivity index (χ0v) is 16.9. The monoisotopic (exact) mass is 377 g/mol. The van der Waals surface area contributed by atoms with Crippen LogP contribution in [-0.4, -0.2) is 56.5 Å². The van der Waals surface area contributed by atoms with Crippen molar-refractivity contribution in [2.24, 2.45) is 10.9 Å². The van der Waals surface area contributed by atoms with Gasteiger partial charge in [0.25, 0.3) is 0 Å². The third-order valence-corrected chi connectivity index (χ3v) is 7.32. The number of sulfone groups is 1. The summed E-state index contributed by atoms with van der Waals surface area (Å²) in [5.41, 5.74) is 1.49. The van der Waals surface area contributed by atoms with E-state index in [4.69, 9.17) is 4.99 Å². The highest BCUT2D eigenvalue weighted by atomic mass is 32.2. The summed E-state index contributed by atoms with van der Waals surface area (Å²) in [6.07, 6.45) is 1.83. The average molecular weight is 378 g/mol. The number of likely N-dealkylation sites (tertiary alicyclic amines) is 1. The van der Waals surface area contributed by atoms with Crippen molar-refractivity contribution in [3.8, 4) is 0 Å². The normalized spacial score (nSPS) is 28.7. The van der Waals surface area contributed by atoms with Gasteiger partial charge in [-0.1, -0.05) is 37.3 Å². The molecule has 0 bridgehead atoms. The van der Waals surface area contributed by atoms with Crippen molar-refractivity contribution in [1.29, 1.82) is 0 Å². The molecule has 26 heavy (non-hydrogen) atoms. The number of guanidine groups is 1. The standard InChI is InChI=1S/C20H31N3O2S/c1-16(2)22-19(21-13-17-9-12-26(24,25)14-17)23-11-10-20(3,15-23)18-7-5-4-6-8-18/h4-8,16-17H,9-15H2,1-3H3,(H,21,22). The van der Waals surface area contributed by atoms with Gasteiger partial charge in [0.1, 0.15) is 0 Å². The summed E-state index contributed by atoms with van der Waals surface area (Å²) in [5.74, 6) is 1.68. The summed E-state index contributed by atoms with van der Waals surface area (Å²) in [7, 11) is -2.84. The van der Waals surface area contributed by atoms with Crippen molar-refractivity contribution in [2.75, 3.05) is 31.1 Å². The molecule has 144 valence electrons. The first-order valence-corrected chi connectivity index (χ1v) is 11.4. The Labute approximate surface area is 157 Å². The minimum atomic E-state index is -2.84. The largest absolute Gasteiger partial charge is 0.354 e.